The second-order valence-electron chi connectivity index (χ2n) is 6.36. The average molecular weight is 289 g/mol. The van der Waals surface area contributed by atoms with Crippen LogP contribution in [0.5, 0.6) is 0 Å². The third kappa shape index (κ3) is 3.38. The fourth-order valence-corrected chi connectivity index (χ4v) is 3.63. The largest absolute Gasteiger partial charge is 0.392 e. The van der Waals surface area contributed by atoms with Crippen LogP contribution in [-0.4, -0.2) is 47.2 Å². The highest BCUT2D eigenvalue weighted by molar-refractivity contribution is 5.43. The van der Waals surface area contributed by atoms with Gasteiger partial charge >= 0.3 is 0 Å². The molecule has 1 aromatic heterocycles. The Hall–Kier alpha value is -1.13. The van der Waals surface area contributed by atoms with Crippen molar-refractivity contribution in [1.82, 2.24) is 9.88 Å². The monoisotopic (exact) mass is 289 g/mol. The van der Waals surface area contributed by atoms with Crippen molar-refractivity contribution < 1.29 is 5.11 Å². The first kappa shape index (κ1) is 14.8. The normalized spacial score (nSPS) is 23.1. The minimum atomic E-state index is 0.107. The van der Waals surface area contributed by atoms with E-state index in [1.807, 2.05) is 6.07 Å². The summed E-state index contributed by atoms with van der Waals surface area (Å²) in [5.41, 5.74) is 2.11. The van der Waals surface area contributed by atoms with E-state index in [9.17, 15) is 5.11 Å². The van der Waals surface area contributed by atoms with Crippen LogP contribution >= 0.6 is 0 Å². The van der Waals surface area contributed by atoms with Gasteiger partial charge in [0.2, 0.25) is 0 Å². The highest BCUT2D eigenvalue weighted by Gasteiger charge is 2.29. The predicted octanol–water partition coefficient (Wildman–Crippen LogP) is 2.20. The summed E-state index contributed by atoms with van der Waals surface area (Å²) in [6.45, 7) is 6.85. The topological polar surface area (TPSA) is 39.6 Å². The Morgan fingerprint density at radius 2 is 2.14 bits per heavy atom. The molecule has 4 nitrogen and oxygen atoms in total. The maximum absolute atomic E-state index is 9.49. The Kier molecular flexibility index (Phi) is 4.76. The molecule has 1 atom stereocenters. The van der Waals surface area contributed by atoms with Gasteiger partial charge in [-0.1, -0.05) is 19.8 Å². The van der Waals surface area contributed by atoms with Crippen LogP contribution in [0.1, 0.15) is 43.9 Å². The van der Waals surface area contributed by atoms with Crippen LogP contribution in [-0.2, 0) is 13.0 Å². The van der Waals surface area contributed by atoms with E-state index in [1.54, 1.807) is 0 Å². The molecule has 0 spiro atoms. The molecule has 1 N–H and O–H groups in total. The maximum atomic E-state index is 9.49. The highest BCUT2D eigenvalue weighted by atomic mass is 16.3. The van der Waals surface area contributed by atoms with Gasteiger partial charge < -0.3 is 10.0 Å². The Balaban J connectivity index is 1.77. The first-order valence-corrected chi connectivity index (χ1v) is 8.40. The van der Waals surface area contributed by atoms with Crippen LogP contribution in [0, 0.1) is 0 Å². The summed E-state index contributed by atoms with van der Waals surface area (Å²) in [5, 5.41) is 9.49. The fraction of sp³-hybridized carbons (Fsp3) is 0.706. The highest BCUT2D eigenvalue weighted by Crippen LogP contribution is 2.25. The van der Waals surface area contributed by atoms with Crippen LogP contribution in [0.4, 0.5) is 5.82 Å². The zero-order valence-electron chi connectivity index (χ0n) is 13.1. The van der Waals surface area contributed by atoms with Crippen LogP contribution < -0.4 is 4.90 Å². The van der Waals surface area contributed by atoms with Gasteiger partial charge in [-0.25, -0.2) is 4.98 Å². The lowest BCUT2D eigenvalue weighted by Crippen LogP contribution is -2.55. The third-order valence-corrected chi connectivity index (χ3v) is 4.77. The summed E-state index contributed by atoms with van der Waals surface area (Å²) >= 11 is 0. The van der Waals surface area contributed by atoms with Gasteiger partial charge in [0, 0.05) is 31.4 Å². The van der Waals surface area contributed by atoms with Crippen molar-refractivity contribution in [2.45, 2.75) is 51.7 Å². The molecular weight excluding hydrogens is 262 g/mol. The maximum Gasteiger partial charge on any atom is 0.129 e. The molecule has 4 heteroatoms. The molecule has 2 aliphatic rings. The summed E-state index contributed by atoms with van der Waals surface area (Å²) in [6.07, 6.45) is 6.12. The third-order valence-electron chi connectivity index (χ3n) is 4.77. The van der Waals surface area contributed by atoms with Gasteiger partial charge in [0.1, 0.15) is 5.82 Å². The molecule has 0 radical (unpaired) electrons. The number of aryl methyl sites for hydroxylation is 1. The number of pyridine rings is 1. The van der Waals surface area contributed by atoms with Crippen LogP contribution in [0.25, 0.3) is 0 Å². The number of rotatable bonds is 4. The molecule has 21 heavy (non-hydrogen) atoms. The molecule has 2 saturated heterocycles. The Morgan fingerprint density at radius 3 is 2.95 bits per heavy atom. The first-order chi connectivity index (χ1) is 10.3. The average Bonchev–Trinajstić information content (AvgIpc) is 2.54. The second-order valence-corrected chi connectivity index (χ2v) is 6.36. The van der Waals surface area contributed by atoms with E-state index in [1.165, 1.54) is 25.8 Å². The molecule has 1 aromatic rings. The number of nitrogens with zero attached hydrogens (tertiary/aromatic N) is 3. The van der Waals surface area contributed by atoms with Crippen molar-refractivity contribution in [3.05, 3.63) is 23.4 Å². The standard InChI is InChI=1S/C17H27N3O/c1-2-5-15-10-14(13-21)11-17(18-15)20-9-8-19-7-4-3-6-16(19)12-20/h10-11,16,21H,2-9,12-13H2,1H3. The lowest BCUT2D eigenvalue weighted by molar-refractivity contribution is 0.133. The van der Waals surface area contributed by atoms with Crippen molar-refractivity contribution >= 4 is 5.82 Å². The summed E-state index contributed by atoms with van der Waals surface area (Å²) < 4.78 is 0. The minimum absolute atomic E-state index is 0.107. The fourth-order valence-electron chi connectivity index (χ4n) is 3.63. The number of hydrogen-bond donors (Lipinski definition) is 1. The predicted molar refractivity (Wildman–Crippen MR) is 85.6 cm³/mol. The molecular formula is C17H27N3O. The second kappa shape index (κ2) is 6.75. The number of fused-ring (bicyclic) bond motifs is 1. The number of aliphatic hydroxyl groups excluding tert-OH is 1. The Labute approximate surface area is 127 Å². The summed E-state index contributed by atoms with van der Waals surface area (Å²) in [5.74, 6) is 1.07. The van der Waals surface area contributed by atoms with Gasteiger partial charge in [0.15, 0.2) is 0 Å². The van der Waals surface area contributed by atoms with E-state index >= 15 is 0 Å². The zero-order chi connectivity index (χ0) is 14.7. The summed E-state index contributed by atoms with van der Waals surface area (Å²) in [6, 6.07) is 4.81. The Bertz CT molecular complexity index is 477. The van der Waals surface area contributed by atoms with Crippen molar-refractivity contribution in [1.29, 1.82) is 0 Å². The van der Waals surface area contributed by atoms with Crippen molar-refractivity contribution in [2.75, 3.05) is 31.1 Å². The van der Waals surface area contributed by atoms with E-state index in [2.05, 4.69) is 22.8 Å². The summed E-state index contributed by atoms with van der Waals surface area (Å²) in [7, 11) is 0. The van der Waals surface area contributed by atoms with Gasteiger partial charge in [-0.2, -0.15) is 0 Å². The van der Waals surface area contributed by atoms with Gasteiger partial charge in [-0.05, 0) is 43.5 Å². The van der Waals surface area contributed by atoms with E-state index in [4.69, 9.17) is 4.98 Å². The number of hydrogen-bond acceptors (Lipinski definition) is 4. The SMILES string of the molecule is CCCc1cc(CO)cc(N2CCN3CCCCC3C2)n1. The smallest absolute Gasteiger partial charge is 0.129 e. The number of anilines is 1. The molecule has 3 rings (SSSR count). The quantitative estimate of drug-likeness (QED) is 0.922. The molecule has 2 fully saturated rings. The number of aromatic nitrogens is 1. The lowest BCUT2D eigenvalue weighted by atomic mass is 9.99. The van der Waals surface area contributed by atoms with Crippen molar-refractivity contribution in [3.63, 3.8) is 0 Å². The molecule has 0 saturated carbocycles. The molecule has 0 aromatic carbocycles. The van der Waals surface area contributed by atoms with Crippen molar-refractivity contribution in [2.24, 2.45) is 0 Å². The molecule has 116 valence electrons. The number of piperidine rings is 1. The number of piperazine rings is 1. The first-order valence-electron chi connectivity index (χ1n) is 8.40. The summed E-state index contributed by atoms with van der Waals surface area (Å²) in [4.78, 5) is 9.89. The van der Waals surface area contributed by atoms with E-state index in [0.29, 0.717) is 6.04 Å². The Morgan fingerprint density at radius 1 is 1.24 bits per heavy atom. The minimum Gasteiger partial charge on any atom is -0.392 e. The molecule has 0 amide bonds. The van der Waals surface area contributed by atoms with Crippen molar-refractivity contribution in [3.8, 4) is 0 Å². The van der Waals surface area contributed by atoms with Crippen LogP contribution in [0.2, 0.25) is 0 Å². The van der Waals surface area contributed by atoms with Gasteiger partial charge in [-0.3, -0.25) is 4.90 Å². The molecule has 0 aliphatic carbocycles. The molecule has 0 bridgehead atoms. The van der Waals surface area contributed by atoms with E-state index in [0.717, 1.165) is 49.6 Å². The van der Waals surface area contributed by atoms with Crippen LogP contribution in [0.15, 0.2) is 12.1 Å². The van der Waals surface area contributed by atoms with E-state index in [-0.39, 0.29) is 6.61 Å². The van der Waals surface area contributed by atoms with Gasteiger partial charge in [0.25, 0.3) is 0 Å². The van der Waals surface area contributed by atoms with Gasteiger partial charge in [-0.15, -0.1) is 0 Å². The number of aliphatic hydroxyl groups is 1. The zero-order valence-corrected chi connectivity index (χ0v) is 13.1. The van der Waals surface area contributed by atoms with Gasteiger partial charge in [0.05, 0.1) is 6.61 Å². The van der Waals surface area contributed by atoms with Crippen LogP contribution in [0.3, 0.4) is 0 Å². The lowest BCUT2D eigenvalue weighted by Gasteiger charge is -2.44. The van der Waals surface area contributed by atoms with E-state index < -0.39 is 0 Å². The molecule has 3 heterocycles. The molecule has 1 unspecified atom stereocenters. The molecule has 2 aliphatic heterocycles.